The van der Waals surface area contributed by atoms with Crippen LogP contribution in [0.2, 0.25) is 10.0 Å². The van der Waals surface area contributed by atoms with Gasteiger partial charge in [-0.25, -0.2) is 4.68 Å². The predicted octanol–water partition coefficient (Wildman–Crippen LogP) is 4.16. The number of hydrogen-bond acceptors (Lipinski definition) is 4. The molecule has 2 aromatic rings. The van der Waals surface area contributed by atoms with Crippen LogP contribution in [-0.4, -0.2) is 20.5 Å². The minimum atomic E-state index is -0.327. The summed E-state index contributed by atoms with van der Waals surface area (Å²) in [6, 6.07) is 5.12. The van der Waals surface area contributed by atoms with E-state index in [0.717, 1.165) is 23.3 Å². The summed E-state index contributed by atoms with van der Waals surface area (Å²) in [7, 11) is 0. The molecule has 0 saturated heterocycles. The van der Waals surface area contributed by atoms with Crippen LogP contribution in [0.5, 0.6) is 0 Å². The summed E-state index contributed by atoms with van der Waals surface area (Å²) in [5.74, 6) is 1.77. The summed E-state index contributed by atoms with van der Waals surface area (Å²) < 4.78 is 1.77. The van der Waals surface area contributed by atoms with Crippen LogP contribution in [0.25, 0.3) is 0 Å². The second-order valence-electron chi connectivity index (χ2n) is 6.46. The van der Waals surface area contributed by atoms with Gasteiger partial charge in [-0.05, 0) is 37.0 Å². The Bertz CT molecular complexity index is 887. The number of aryl methyl sites for hydroxylation is 1. The van der Waals surface area contributed by atoms with Crippen molar-refractivity contribution in [3.8, 4) is 0 Å². The zero-order chi connectivity index (χ0) is 17.0. The fraction of sp³-hybridized carbons (Fsp3) is 0.353. The molecule has 1 N–H and O–H groups in total. The van der Waals surface area contributed by atoms with Crippen molar-refractivity contribution in [2.45, 2.75) is 32.7 Å². The van der Waals surface area contributed by atoms with Crippen LogP contribution in [0.1, 0.15) is 37.2 Å². The third-order valence-corrected chi connectivity index (χ3v) is 5.23. The fourth-order valence-corrected chi connectivity index (χ4v) is 3.81. The van der Waals surface area contributed by atoms with Gasteiger partial charge in [0, 0.05) is 17.7 Å². The summed E-state index contributed by atoms with van der Waals surface area (Å²) in [5.41, 5.74) is 2.58. The number of hydrogen-bond donors (Lipinski definition) is 1. The number of nitrogens with one attached hydrogen (secondary N) is 1. The second kappa shape index (κ2) is 5.60. The number of aromatic nitrogens is 3. The Hall–Kier alpha value is -1.85. The number of rotatable bonds is 1. The number of nitrogens with zero attached hydrogens (tertiary/aromatic N) is 3. The molecule has 1 aliphatic carbocycles. The first-order chi connectivity index (χ1) is 11.4. The van der Waals surface area contributed by atoms with Crippen LogP contribution in [0, 0.1) is 12.8 Å². The zero-order valence-corrected chi connectivity index (χ0v) is 14.8. The van der Waals surface area contributed by atoms with Crippen molar-refractivity contribution in [3.05, 3.63) is 50.9 Å². The Morgan fingerprint density at radius 1 is 1.25 bits per heavy atom. The van der Waals surface area contributed by atoms with Gasteiger partial charge < -0.3 is 5.32 Å². The summed E-state index contributed by atoms with van der Waals surface area (Å²) in [6.07, 6.45) is 1.37. The lowest BCUT2D eigenvalue weighted by molar-refractivity contribution is -0.117. The van der Waals surface area contributed by atoms with E-state index >= 15 is 0 Å². The summed E-state index contributed by atoms with van der Waals surface area (Å²) in [4.78, 5) is 17.2. The van der Waals surface area contributed by atoms with Crippen LogP contribution in [0.4, 0.5) is 5.95 Å². The largest absolute Gasteiger partial charge is 0.328 e. The fourth-order valence-electron chi connectivity index (χ4n) is 3.50. The molecule has 4 rings (SSSR count). The van der Waals surface area contributed by atoms with Crippen LogP contribution >= 0.6 is 23.2 Å². The Labute approximate surface area is 149 Å². The normalized spacial score (nSPS) is 22.9. The maximum Gasteiger partial charge on any atom is 0.226 e. The number of fused-ring (bicyclic) bond motifs is 1. The predicted molar refractivity (Wildman–Crippen MR) is 93.4 cm³/mol. The highest BCUT2D eigenvalue weighted by Crippen LogP contribution is 2.42. The number of allylic oxidation sites excluding steroid dienone is 2. The third kappa shape index (κ3) is 2.43. The van der Waals surface area contributed by atoms with Crippen molar-refractivity contribution in [2.75, 3.05) is 5.32 Å². The third-order valence-electron chi connectivity index (χ3n) is 4.49. The highest BCUT2D eigenvalue weighted by Gasteiger charge is 2.38. The lowest BCUT2D eigenvalue weighted by Gasteiger charge is -2.34. The molecule has 0 unspecified atom stereocenters. The number of benzene rings is 1. The number of anilines is 1. The van der Waals surface area contributed by atoms with Crippen molar-refractivity contribution < 1.29 is 4.79 Å². The minimum Gasteiger partial charge on any atom is -0.328 e. The molecular weight excluding hydrogens is 347 g/mol. The van der Waals surface area contributed by atoms with Gasteiger partial charge in [0.05, 0.1) is 10.0 Å². The number of halogens is 2. The van der Waals surface area contributed by atoms with Crippen molar-refractivity contribution in [1.82, 2.24) is 14.8 Å². The van der Waals surface area contributed by atoms with Gasteiger partial charge in [0.2, 0.25) is 5.95 Å². The second-order valence-corrected chi connectivity index (χ2v) is 7.27. The zero-order valence-electron chi connectivity index (χ0n) is 13.3. The molecule has 2 heterocycles. The molecule has 124 valence electrons. The van der Waals surface area contributed by atoms with Crippen molar-refractivity contribution in [2.24, 2.45) is 5.92 Å². The van der Waals surface area contributed by atoms with Gasteiger partial charge in [-0.1, -0.05) is 36.2 Å². The monoisotopic (exact) mass is 362 g/mol. The maximum absolute atomic E-state index is 12.8. The molecule has 5 nitrogen and oxygen atoms in total. The molecule has 7 heteroatoms. The molecule has 0 amide bonds. The van der Waals surface area contributed by atoms with Crippen molar-refractivity contribution in [3.63, 3.8) is 0 Å². The molecule has 0 spiro atoms. The van der Waals surface area contributed by atoms with E-state index in [1.165, 1.54) is 0 Å². The molecular formula is C17H16Cl2N4O. The Balaban J connectivity index is 1.93. The molecule has 0 radical (unpaired) electrons. The van der Waals surface area contributed by atoms with E-state index in [1.54, 1.807) is 16.8 Å². The molecule has 0 fully saturated rings. The number of ketones is 1. The van der Waals surface area contributed by atoms with E-state index in [4.69, 9.17) is 23.2 Å². The van der Waals surface area contributed by atoms with Crippen LogP contribution in [-0.2, 0) is 4.79 Å². The van der Waals surface area contributed by atoms with Gasteiger partial charge in [-0.2, -0.15) is 10.1 Å². The molecule has 0 bridgehead atoms. The maximum atomic E-state index is 12.8. The first-order valence-corrected chi connectivity index (χ1v) is 8.61. The molecule has 0 saturated carbocycles. The van der Waals surface area contributed by atoms with E-state index in [-0.39, 0.29) is 11.8 Å². The van der Waals surface area contributed by atoms with E-state index in [1.807, 2.05) is 13.0 Å². The smallest absolute Gasteiger partial charge is 0.226 e. The van der Waals surface area contributed by atoms with Crippen molar-refractivity contribution in [1.29, 1.82) is 0 Å². The van der Waals surface area contributed by atoms with Gasteiger partial charge in [0.15, 0.2) is 5.78 Å². The summed E-state index contributed by atoms with van der Waals surface area (Å²) in [5, 5.41) is 8.73. The number of carbonyl (C=O) groups is 1. The van der Waals surface area contributed by atoms with Gasteiger partial charge >= 0.3 is 0 Å². The van der Waals surface area contributed by atoms with Crippen LogP contribution < -0.4 is 5.32 Å². The van der Waals surface area contributed by atoms with E-state index in [2.05, 4.69) is 22.3 Å². The molecule has 1 aromatic carbocycles. The minimum absolute atomic E-state index is 0.145. The molecule has 2 aliphatic rings. The molecule has 1 aliphatic heterocycles. The van der Waals surface area contributed by atoms with Gasteiger partial charge in [-0.15, -0.1) is 0 Å². The lowest BCUT2D eigenvalue weighted by atomic mass is 9.81. The average molecular weight is 363 g/mol. The first kappa shape index (κ1) is 15.7. The van der Waals surface area contributed by atoms with E-state index in [9.17, 15) is 4.79 Å². The van der Waals surface area contributed by atoms with E-state index in [0.29, 0.717) is 34.2 Å². The standard InChI is InChI=1S/C17H16Cl2N4O/c1-8-5-13-15(14(24)6-8)16(10-3-4-11(18)12(19)7-10)23-17(21-13)20-9(2)22-23/h3-4,7-8,16H,5-6H2,1-2H3,(H,20,21,22)/t8-,16-/m1/s1. The molecule has 1 aromatic heterocycles. The summed E-state index contributed by atoms with van der Waals surface area (Å²) in [6.45, 7) is 3.92. The quantitative estimate of drug-likeness (QED) is 0.827. The Kier molecular flexibility index (Phi) is 3.66. The van der Waals surface area contributed by atoms with Gasteiger partial charge in [0.1, 0.15) is 11.9 Å². The molecule has 2 atom stereocenters. The summed E-state index contributed by atoms with van der Waals surface area (Å²) >= 11 is 12.3. The van der Waals surface area contributed by atoms with Crippen molar-refractivity contribution >= 4 is 34.9 Å². The first-order valence-electron chi connectivity index (χ1n) is 7.85. The Morgan fingerprint density at radius 3 is 2.79 bits per heavy atom. The van der Waals surface area contributed by atoms with Crippen LogP contribution in [0.15, 0.2) is 29.5 Å². The highest BCUT2D eigenvalue weighted by molar-refractivity contribution is 6.42. The number of carbonyl (C=O) groups excluding carboxylic acids is 1. The topological polar surface area (TPSA) is 59.8 Å². The van der Waals surface area contributed by atoms with Gasteiger partial charge in [-0.3, -0.25) is 4.79 Å². The van der Waals surface area contributed by atoms with Gasteiger partial charge in [0.25, 0.3) is 0 Å². The number of Topliss-reactive ketones (excluding diaryl/α,β-unsaturated/α-hetero) is 1. The lowest BCUT2D eigenvalue weighted by Crippen LogP contribution is -2.33. The molecule has 24 heavy (non-hydrogen) atoms. The average Bonchev–Trinajstić information content (AvgIpc) is 2.87. The highest BCUT2D eigenvalue weighted by atomic mass is 35.5. The van der Waals surface area contributed by atoms with Crippen LogP contribution in [0.3, 0.4) is 0 Å². The SMILES string of the molecule is Cc1nc2n(n1)[C@H](c1ccc(Cl)c(Cl)c1)C1=C(C[C@@H](C)CC1=O)N2. The van der Waals surface area contributed by atoms with E-state index < -0.39 is 0 Å². The Morgan fingerprint density at radius 2 is 2.04 bits per heavy atom.